The van der Waals surface area contributed by atoms with Gasteiger partial charge in [-0.15, -0.1) is 11.3 Å². The summed E-state index contributed by atoms with van der Waals surface area (Å²) in [5.74, 6) is -0.0495. The molecule has 5 heteroatoms. The fraction of sp³-hybridized carbons (Fsp3) is 0.190. The average Bonchev–Trinajstić information content (AvgIpc) is 3.33. The van der Waals surface area contributed by atoms with Crippen molar-refractivity contribution in [2.75, 3.05) is 18.0 Å². The summed E-state index contributed by atoms with van der Waals surface area (Å²) in [5.41, 5.74) is 3.33. The van der Waals surface area contributed by atoms with Gasteiger partial charge in [0, 0.05) is 28.1 Å². The lowest BCUT2D eigenvalue weighted by Crippen LogP contribution is -2.37. The molecule has 1 amide bonds. The van der Waals surface area contributed by atoms with Crippen LogP contribution in [0.1, 0.15) is 26.8 Å². The first-order valence-corrected chi connectivity index (χ1v) is 10.3. The summed E-state index contributed by atoms with van der Waals surface area (Å²) in [7, 11) is 0. The predicted molar refractivity (Wildman–Crippen MR) is 111 cm³/mol. The van der Waals surface area contributed by atoms with Crippen LogP contribution in [0.15, 0.2) is 70.5 Å². The van der Waals surface area contributed by atoms with Crippen LogP contribution in [-0.4, -0.2) is 19.0 Å². The molecule has 1 aromatic heterocycles. The second-order valence-corrected chi connectivity index (χ2v) is 8.13. The van der Waals surface area contributed by atoms with E-state index >= 15 is 0 Å². The van der Waals surface area contributed by atoms with E-state index in [1.807, 2.05) is 24.3 Å². The maximum Gasteiger partial charge on any atom is 0.252 e. The summed E-state index contributed by atoms with van der Waals surface area (Å²) in [6, 6.07) is 20.4. The summed E-state index contributed by atoms with van der Waals surface area (Å²) in [4.78, 5) is 16.3. The van der Waals surface area contributed by atoms with Crippen molar-refractivity contribution in [3.05, 3.63) is 86.5 Å². The first-order valence-electron chi connectivity index (χ1n) is 8.65. The first-order chi connectivity index (χ1) is 12.7. The van der Waals surface area contributed by atoms with Gasteiger partial charge in [0.1, 0.15) is 0 Å². The zero-order valence-corrected chi connectivity index (χ0v) is 16.6. The maximum atomic E-state index is 12.6. The van der Waals surface area contributed by atoms with E-state index in [2.05, 4.69) is 67.9 Å². The first kappa shape index (κ1) is 17.3. The predicted octanol–water partition coefficient (Wildman–Crippen LogP) is 5.04. The van der Waals surface area contributed by atoms with Gasteiger partial charge in [0.25, 0.3) is 5.91 Å². The molecular formula is C21H19BrN2OS. The average molecular weight is 427 g/mol. The monoisotopic (exact) mass is 426 g/mol. The molecule has 0 aliphatic carbocycles. The molecule has 0 spiro atoms. The number of hydrogen-bond acceptors (Lipinski definition) is 3. The largest absolute Gasteiger partial charge is 0.361 e. The zero-order chi connectivity index (χ0) is 17.9. The summed E-state index contributed by atoms with van der Waals surface area (Å²) < 4.78 is 0.816. The Morgan fingerprint density at radius 2 is 1.92 bits per heavy atom. The van der Waals surface area contributed by atoms with E-state index in [-0.39, 0.29) is 11.9 Å². The number of hydrogen-bond donors (Lipinski definition) is 1. The molecule has 2 aromatic carbocycles. The number of rotatable bonds is 5. The third-order valence-corrected chi connectivity index (χ3v) is 6.41. The third kappa shape index (κ3) is 3.41. The Kier molecular flexibility index (Phi) is 5.09. The number of halogens is 1. The molecule has 4 rings (SSSR count). The van der Waals surface area contributed by atoms with Gasteiger partial charge in [-0.1, -0.05) is 36.4 Å². The van der Waals surface area contributed by atoms with E-state index in [1.165, 1.54) is 16.1 Å². The van der Waals surface area contributed by atoms with Crippen LogP contribution in [0.5, 0.6) is 0 Å². The smallest absolute Gasteiger partial charge is 0.252 e. The molecule has 2 heterocycles. The van der Waals surface area contributed by atoms with E-state index < -0.39 is 0 Å². The molecule has 0 unspecified atom stereocenters. The van der Waals surface area contributed by atoms with Crippen LogP contribution in [0.25, 0.3) is 0 Å². The van der Waals surface area contributed by atoms with Gasteiger partial charge in [0.2, 0.25) is 0 Å². The highest BCUT2D eigenvalue weighted by molar-refractivity contribution is 9.10. The van der Waals surface area contributed by atoms with Crippen molar-refractivity contribution in [3.8, 4) is 0 Å². The van der Waals surface area contributed by atoms with Crippen LogP contribution in [0, 0.1) is 0 Å². The minimum Gasteiger partial charge on any atom is -0.361 e. The minimum atomic E-state index is -0.0495. The Balaban J connectivity index is 1.56. The lowest BCUT2D eigenvalue weighted by Gasteiger charge is -2.30. The van der Waals surface area contributed by atoms with Crippen molar-refractivity contribution in [2.45, 2.75) is 12.5 Å². The van der Waals surface area contributed by atoms with E-state index in [0.29, 0.717) is 12.1 Å². The van der Waals surface area contributed by atoms with Crippen molar-refractivity contribution < 1.29 is 4.79 Å². The Morgan fingerprint density at radius 3 is 2.73 bits per heavy atom. The second-order valence-electron chi connectivity index (χ2n) is 6.29. The van der Waals surface area contributed by atoms with Crippen molar-refractivity contribution in [1.82, 2.24) is 5.32 Å². The normalized spacial score (nSPS) is 14.1. The Labute approximate surface area is 165 Å². The maximum absolute atomic E-state index is 12.6. The molecule has 3 nitrogen and oxygen atoms in total. The molecular weight excluding hydrogens is 408 g/mol. The van der Waals surface area contributed by atoms with Gasteiger partial charge in [0.15, 0.2) is 0 Å². The molecule has 132 valence electrons. The number of carbonyl (C=O) groups excluding carboxylic acids is 1. The van der Waals surface area contributed by atoms with Crippen molar-refractivity contribution in [3.63, 3.8) is 0 Å². The van der Waals surface area contributed by atoms with Crippen LogP contribution in [-0.2, 0) is 6.42 Å². The number of amides is 1. The van der Waals surface area contributed by atoms with Gasteiger partial charge >= 0.3 is 0 Å². The van der Waals surface area contributed by atoms with Crippen LogP contribution in [0.4, 0.5) is 5.69 Å². The highest BCUT2D eigenvalue weighted by Gasteiger charge is 2.28. The topological polar surface area (TPSA) is 32.3 Å². The van der Waals surface area contributed by atoms with E-state index in [4.69, 9.17) is 0 Å². The molecule has 0 saturated heterocycles. The van der Waals surface area contributed by atoms with E-state index in [0.717, 1.165) is 17.4 Å². The number of nitrogens with zero attached hydrogens (tertiary/aromatic N) is 1. The number of anilines is 1. The van der Waals surface area contributed by atoms with Crippen LogP contribution in [0.2, 0.25) is 0 Å². The van der Waals surface area contributed by atoms with Gasteiger partial charge in [0.05, 0.1) is 11.6 Å². The fourth-order valence-corrected chi connectivity index (χ4v) is 4.77. The summed E-state index contributed by atoms with van der Waals surface area (Å²) in [5, 5.41) is 5.23. The molecule has 0 bridgehead atoms. The molecule has 0 radical (unpaired) electrons. The summed E-state index contributed by atoms with van der Waals surface area (Å²) in [6.45, 7) is 1.56. The second kappa shape index (κ2) is 7.64. The van der Waals surface area contributed by atoms with E-state index in [9.17, 15) is 4.79 Å². The number of carbonyl (C=O) groups is 1. The molecule has 1 aliphatic heterocycles. The Morgan fingerprint density at radius 1 is 1.12 bits per heavy atom. The number of thiophene rings is 1. The van der Waals surface area contributed by atoms with E-state index in [1.54, 1.807) is 11.3 Å². The molecule has 26 heavy (non-hydrogen) atoms. The SMILES string of the molecule is O=C(NC[C@H](c1cccs1)N1CCc2ccccc21)c1ccccc1Br. The summed E-state index contributed by atoms with van der Waals surface area (Å²) in [6.07, 6.45) is 1.05. The standard InChI is InChI=1S/C21H19BrN2OS/c22-17-8-3-2-7-16(17)21(25)23-14-19(20-10-5-13-26-20)24-12-11-15-6-1-4-9-18(15)24/h1-10,13,19H,11-12,14H2,(H,23,25)/t19-/m1/s1. The van der Waals surface area contributed by atoms with Gasteiger partial charge in [-0.2, -0.15) is 0 Å². The van der Waals surface area contributed by atoms with Crippen LogP contribution >= 0.6 is 27.3 Å². The third-order valence-electron chi connectivity index (χ3n) is 4.75. The van der Waals surface area contributed by atoms with Crippen molar-refractivity contribution in [2.24, 2.45) is 0 Å². The summed E-state index contributed by atoms with van der Waals surface area (Å²) >= 11 is 5.20. The van der Waals surface area contributed by atoms with Gasteiger partial charge < -0.3 is 10.2 Å². The zero-order valence-electron chi connectivity index (χ0n) is 14.2. The molecule has 1 atom stereocenters. The molecule has 1 aliphatic rings. The molecule has 0 fully saturated rings. The fourth-order valence-electron chi connectivity index (χ4n) is 3.46. The Hall–Kier alpha value is -2.11. The van der Waals surface area contributed by atoms with Crippen molar-refractivity contribution in [1.29, 1.82) is 0 Å². The number of benzene rings is 2. The molecule has 3 aromatic rings. The van der Waals surface area contributed by atoms with Gasteiger partial charge in [-0.05, 0) is 57.6 Å². The number of fused-ring (bicyclic) bond motifs is 1. The highest BCUT2D eigenvalue weighted by atomic mass is 79.9. The van der Waals surface area contributed by atoms with Gasteiger partial charge in [-0.25, -0.2) is 0 Å². The molecule has 1 N–H and O–H groups in total. The molecule has 0 saturated carbocycles. The number of nitrogens with one attached hydrogen (secondary N) is 1. The van der Waals surface area contributed by atoms with Gasteiger partial charge in [-0.3, -0.25) is 4.79 Å². The Bertz CT molecular complexity index is 910. The van der Waals surface area contributed by atoms with Crippen molar-refractivity contribution >= 4 is 38.9 Å². The quantitative estimate of drug-likeness (QED) is 0.619. The minimum absolute atomic E-state index is 0.0495. The lowest BCUT2D eigenvalue weighted by atomic mass is 10.1. The highest BCUT2D eigenvalue weighted by Crippen LogP contribution is 2.36. The lowest BCUT2D eigenvalue weighted by molar-refractivity contribution is 0.0950. The van der Waals surface area contributed by atoms with Crippen LogP contribution in [0.3, 0.4) is 0 Å². The number of para-hydroxylation sites is 1. The van der Waals surface area contributed by atoms with Crippen LogP contribution < -0.4 is 10.2 Å².